The van der Waals surface area contributed by atoms with Crippen LogP contribution in [0.3, 0.4) is 0 Å². The van der Waals surface area contributed by atoms with E-state index in [0.29, 0.717) is 0 Å². The summed E-state index contributed by atoms with van der Waals surface area (Å²) in [5, 5.41) is 5.02. The monoisotopic (exact) mass is 444 g/mol. The smallest absolute Gasteiger partial charge is 0.0691 e. The molecule has 0 unspecified atom stereocenters. The Kier molecular flexibility index (Phi) is 6.94. The molecule has 176 valence electrons. The standard InChI is InChI=1S/C29H40N4/c1-22-9-12-25(13-10-22)28-21-26(30-33(28)29(4,5)6)8-7-15-31-16-18-32(19-17-31)27-14-11-23(2)20-24(27)3/h9-14,20-21H,7-8,15-19H2,1-6H3. The van der Waals surface area contributed by atoms with Crippen LogP contribution in [0.25, 0.3) is 11.3 Å². The third kappa shape index (κ3) is 5.67. The summed E-state index contributed by atoms with van der Waals surface area (Å²) < 4.78 is 2.20. The molecule has 0 radical (unpaired) electrons. The lowest BCUT2D eigenvalue weighted by atomic mass is 10.1. The second kappa shape index (κ2) is 9.72. The lowest BCUT2D eigenvalue weighted by Gasteiger charge is -2.37. The van der Waals surface area contributed by atoms with Gasteiger partial charge in [-0.05, 0) is 84.2 Å². The zero-order valence-electron chi connectivity index (χ0n) is 21.4. The van der Waals surface area contributed by atoms with E-state index in [4.69, 9.17) is 5.10 Å². The molecule has 1 aliphatic rings. The van der Waals surface area contributed by atoms with Gasteiger partial charge >= 0.3 is 0 Å². The second-order valence-corrected chi connectivity index (χ2v) is 10.7. The van der Waals surface area contributed by atoms with Gasteiger partial charge in [0.05, 0.1) is 16.9 Å². The van der Waals surface area contributed by atoms with Crippen molar-refractivity contribution in [1.29, 1.82) is 0 Å². The molecule has 0 atom stereocenters. The van der Waals surface area contributed by atoms with Crippen LogP contribution in [-0.2, 0) is 12.0 Å². The molecule has 1 aliphatic heterocycles. The summed E-state index contributed by atoms with van der Waals surface area (Å²) in [6.07, 6.45) is 2.18. The Morgan fingerprint density at radius 2 is 1.48 bits per heavy atom. The van der Waals surface area contributed by atoms with Crippen LogP contribution in [0.4, 0.5) is 5.69 Å². The van der Waals surface area contributed by atoms with Crippen molar-refractivity contribution in [2.45, 2.75) is 59.9 Å². The molecule has 0 N–H and O–H groups in total. The minimum Gasteiger partial charge on any atom is -0.369 e. The number of aryl methyl sites for hydroxylation is 4. The average molecular weight is 445 g/mol. The first kappa shape index (κ1) is 23.6. The largest absolute Gasteiger partial charge is 0.369 e. The van der Waals surface area contributed by atoms with Crippen LogP contribution in [0.1, 0.15) is 49.6 Å². The fraction of sp³-hybridized carbons (Fsp3) is 0.483. The minimum absolute atomic E-state index is 0.0388. The molecule has 0 spiro atoms. The Balaban J connectivity index is 1.34. The molecular formula is C29H40N4. The number of hydrogen-bond acceptors (Lipinski definition) is 3. The second-order valence-electron chi connectivity index (χ2n) is 10.7. The quantitative estimate of drug-likeness (QED) is 0.467. The third-order valence-electron chi connectivity index (χ3n) is 6.72. The van der Waals surface area contributed by atoms with Gasteiger partial charge in [-0.3, -0.25) is 9.58 Å². The summed E-state index contributed by atoms with van der Waals surface area (Å²) in [6.45, 7) is 18.9. The minimum atomic E-state index is -0.0388. The highest BCUT2D eigenvalue weighted by molar-refractivity contribution is 5.61. The lowest BCUT2D eigenvalue weighted by molar-refractivity contribution is 0.254. The topological polar surface area (TPSA) is 24.3 Å². The van der Waals surface area contributed by atoms with Gasteiger partial charge in [0.25, 0.3) is 0 Å². The Hall–Kier alpha value is -2.59. The van der Waals surface area contributed by atoms with Crippen molar-refractivity contribution in [1.82, 2.24) is 14.7 Å². The van der Waals surface area contributed by atoms with Gasteiger partial charge in [0.2, 0.25) is 0 Å². The highest BCUT2D eigenvalue weighted by Crippen LogP contribution is 2.28. The summed E-state index contributed by atoms with van der Waals surface area (Å²) >= 11 is 0. The predicted molar refractivity (Wildman–Crippen MR) is 140 cm³/mol. The van der Waals surface area contributed by atoms with Crippen molar-refractivity contribution >= 4 is 5.69 Å². The molecule has 4 rings (SSSR count). The van der Waals surface area contributed by atoms with Gasteiger partial charge in [-0.2, -0.15) is 5.10 Å². The molecule has 3 aromatic rings. The number of nitrogens with zero attached hydrogens (tertiary/aromatic N) is 4. The van der Waals surface area contributed by atoms with E-state index in [1.54, 1.807) is 0 Å². The number of hydrogen-bond donors (Lipinski definition) is 0. The maximum atomic E-state index is 5.02. The first-order valence-electron chi connectivity index (χ1n) is 12.4. The van der Waals surface area contributed by atoms with Crippen molar-refractivity contribution in [2.75, 3.05) is 37.6 Å². The molecule has 1 fully saturated rings. The SMILES string of the molecule is Cc1ccc(-c2cc(CCCN3CCN(c4ccc(C)cc4C)CC3)nn2C(C)(C)C)cc1. The van der Waals surface area contributed by atoms with Gasteiger partial charge in [-0.1, -0.05) is 47.5 Å². The maximum Gasteiger partial charge on any atom is 0.0691 e. The molecular weight excluding hydrogens is 404 g/mol. The molecule has 2 heterocycles. The maximum absolute atomic E-state index is 5.02. The number of anilines is 1. The Morgan fingerprint density at radius 1 is 0.818 bits per heavy atom. The van der Waals surface area contributed by atoms with Crippen molar-refractivity contribution < 1.29 is 0 Å². The third-order valence-corrected chi connectivity index (χ3v) is 6.72. The first-order valence-corrected chi connectivity index (χ1v) is 12.4. The molecule has 4 nitrogen and oxygen atoms in total. The van der Waals surface area contributed by atoms with Crippen molar-refractivity contribution in [3.05, 3.63) is 70.9 Å². The van der Waals surface area contributed by atoms with Crippen LogP contribution in [0.2, 0.25) is 0 Å². The van der Waals surface area contributed by atoms with Gasteiger partial charge in [0, 0.05) is 31.9 Å². The molecule has 0 aliphatic carbocycles. The van der Waals surface area contributed by atoms with E-state index in [-0.39, 0.29) is 5.54 Å². The van der Waals surface area contributed by atoms with E-state index < -0.39 is 0 Å². The number of piperazine rings is 1. The fourth-order valence-corrected chi connectivity index (χ4v) is 4.85. The van der Waals surface area contributed by atoms with Gasteiger partial charge in [-0.25, -0.2) is 0 Å². The highest BCUT2D eigenvalue weighted by Gasteiger charge is 2.21. The van der Waals surface area contributed by atoms with E-state index in [1.165, 1.54) is 39.3 Å². The van der Waals surface area contributed by atoms with Gasteiger partial charge in [-0.15, -0.1) is 0 Å². The van der Waals surface area contributed by atoms with E-state index in [9.17, 15) is 0 Å². The number of aromatic nitrogens is 2. The summed E-state index contributed by atoms with van der Waals surface area (Å²) in [5.41, 5.74) is 9.06. The molecule has 0 saturated carbocycles. The molecule has 33 heavy (non-hydrogen) atoms. The number of benzene rings is 2. The van der Waals surface area contributed by atoms with Gasteiger partial charge in [0.1, 0.15) is 0 Å². The first-order chi connectivity index (χ1) is 15.7. The van der Waals surface area contributed by atoms with Crippen LogP contribution in [0, 0.1) is 20.8 Å². The number of rotatable bonds is 6. The summed E-state index contributed by atoms with van der Waals surface area (Å²) in [7, 11) is 0. The van der Waals surface area contributed by atoms with Crippen LogP contribution in [0.5, 0.6) is 0 Å². The van der Waals surface area contributed by atoms with E-state index >= 15 is 0 Å². The average Bonchev–Trinajstić information content (AvgIpc) is 3.20. The normalized spacial score (nSPS) is 15.3. The van der Waals surface area contributed by atoms with Crippen molar-refractivity contribution in [3.8, 4) is 11.3 Å². The lowest BCUT2D eigenvalue weighted by Crippen LogP contribution is -2.46. The molecule has 0 bridgehead atoms. The van der Waals surface area contributed by atoms with Crippen LogP contribution < -0.4 is 4.90 Å². The summed E-state index contributed by atoms with van der Waals surface area (Å²) in [6, 6.07) is 17.9. The van der Waals surface area contributed by atoms with Crippen molar-refractivity contribution in [2.24, 2.45) is 0 Å². The fourth-order valence-electron chi connectivity index (χ4n) is 4.85. The van der Waals surface area contributed by atoms with Crippen LogP contribution in [0.15, 0.2) is 48.5 Å². The molecule has 2 aromatic carbocycles. The molecule has 1 aromatic heterocycles. The Labute approximate surface area is 200 Å². The highest BCUT2D eigenvalue weighted by atomic mass is 15.3. The van der Waals surface area contributed by atoms with E-state index in [2.05, 4.69) is 105 Å². The predicted octanol–water partition coefficient (Wildman–Crippen LogP) is 5.99. The van der Waals surface area contributed by atoms with Crippen LogP contribution >= 0.6 is 0 Å². The van der Waals surface area contributed by atoms with Crippen molar-refractivity contribution in [3.63, 3.8) is 0 Å². The summed E-state index contributed by atoms with van der Waals surface area (Å²) in [5.74, 6) is 0. The Bertz CT molecular complexity index is 1060. The molecule has 1 saturated heterocycles. The summed E-state index contributed by atoms with van der Waals surface area (Å²) in [4.78, 5) is 5.16. The zero-order valence-corrected chi connectivity index (χ0v) is 21.4. The van der Waals surface area contributed by atoms with Gasteiger partial charge < -0.3 is 4.90 Å². The van der Waals surface area contributed by atoms with E-state index in [1.807, 2.05) is 0 Å². The Morgan fingerprint density at radius 3 is 2.12 bits per heavy atom. The van der Waals surface area contributed by atoms with Crippen LogP contribution in [-0.4, -0.2) is 47.4 Å². The van der Waals surface area contributed by atoms with Gasteiger partial charge in [0.15, 0.2) is 0 Å². The molecule has 4 heteroatoms. The zero-order chi connectivity index (χ0) is 23.6. The van der Waals surface area contributed by atoms with E-state index in [0.717, 1.165) is 45.6 Å². The molecule has 0 amide bonds.